The Kier molecular flexibility index (Phi) is 4.79. The molecule has 0 aromatic rings. The Bertz CT molecular complexity index is 308. The monoisotopic (exact) mass is 246 g/mol. The highest BCUT2D eigenvalue weighted by atomic mass is 16.1. The molecule has 0 spiro atoms. The van der Waals surface area contributed by atoms with Gasteiger partial charge in [-0.15, -0.1) is 0 Å². The first-order chi connectivity index (χ1) is 8.66. The predicted molar refractivity (Wildman–Crippen MR) is 76.3 cm³/mol. The van der Waals surface area contributed by atoms with Crippen molar-refractivity contribution >= 4 is 5.78 Å². The van der Waals surface area contributed by atoms with E-state index >= 15 is 0 Å². The van der Waals surface area contributed by atoms with Crippen LogP contribution in [0.5, 0.6) is 0 Å². The van der Waals surface area contributed by atoms with E-state index in [9.17, 15) is 4.79 Å². The molecule has 0 aromatic carbocycles. The minimum absolute atomic E-state index is 0.460. The smallest absolute Gasteiger partial charge is 0.134 e. The third kappa shape index (κ3) is 3.57. The third-order valence-corrected chi connectivity index (χ3v) is 4.73. The molecular formula is C17H26O. The second kappa shape index (κ2) is 6.36. The summed E-state index contributed by atoms with van der Waals surface area (Å²) in [5, 5.41) is 0. The zero-order valence-electron chi connectivity index (χ0n) is 11.8. The first-order valence-electron chi connectivity index (χ1n) is 7.52. The normalized spacial score (nSPS) is 35.7. The van der Waals surface area contributed by atoms with Crippen LogP contribution in [-0.2, 0) is 4.79 Å². The van der Waals surface area contributed by atoms with Crippen LogP contribution in [0.4, 0.5) is 0 Å². The molecule has 0 N–H and O–H groups in total. The highest BCUT2D eigenvalue weighted by Gasteiger charge is 2.24. The fourth-order valence-electron chi connectivity index (χ4n) is 3.22. The van der Waals surface area contributed by atoms with Gasteiger partial charge in [0.2, 0.25) is 0 Å². The van der Waals surface area contributed by atoms with Crippen molar-refractivity contribution in [1.29, 1.82) is 0 Å². The molecule has 0 bridgehead atoms. The molecule has 100 valence electrons. The van der Waals surface area contributed by atoms with E-state index in [-0.39, 0.29) is 0 Å². The van der Waals surface area contributed by atoms with Gasteiger partial charge in [0.15, 0.2) is 0 Å². The summed E-state index contributed by atoms with van der Waals surface area (Å²) >= 11 is 0. The molecule has 4 atom stereocenters. The Balaban J connectivity index is 1.84. The molecule has 0 heterocycles. The summed E-state index contributed by atoms with van der Waals surface area (Å²) in [6.07, 6.45) is 15.4. The van der Waals surface area contributed by atoms with Gasteiger partial charge in [0, 0.05) is 12.8 Å². The van der Waals surface area contributed by atoms with Crippen molar-refractivity contribution in [1.82, 2.24) is 0 Å². The minimum atomic E-state index is 0.460. The lowest BCUT2D eigenvalue weighted by atomic mass is 9.78. The van der Waals surface area contributed by atoms with Crippen molar-refractivity contribution in [2.24, 2.45) is 23.7 Å². The number of ketones is 1. The molecule has 0 radical (unpaired) electrons. The van der Waals surface area contributed by atoms with Gasteiger partial charge in [-0.25, -0.2) is 0 Å². The van der Waals surface area contributed by atoms with Crippen molar-refractivity contribution in [2.75, 3.05) is 0 Å². The van der Waals surface area contributed by atoms with Crippen LogP contribution >= 0.6 is 0 Å². The summed E-state index contributed by atoms with van der Waals surface area (Å²) in [6, 6.07) is 0. The van der Waals surface area contributed by atoms with Crippen LogP contribution in [-0.4, -0.2) is 5.78 Å². The van der Waals surface area contributed by atoms with E-state index in [2.05, 4.69) is 38.2 Å². The largest absolute Gasteiger partial charge is 0.300 e. The maximum absolute atomic E-state index is 12.2. The quantitative estimate of drug-likeness (QED) is 0.666. The topological polar surface area (TPSA) is 17.1 Å². The molecule has 0 saturated heterocycles. The van der Waals surface area contributed by atoms with Gasteiger partial charge in [-0.1, -0.05) is 38.2 Å². The van der Waals surface area contributed by atoms with Crippen molar-refractivity contribution in [3.8, 4) is 0 Å². The second-order valence-corrected chi connectivity index (χ2v) is 6.24. The van der Waals surface area contributed by atoms with Gasteiger partial charge in [0.1, 0.15) is 5.78 Å². The maximum atomic E-state index is 12.2. The number of allylic oxidation sites excluding steroid dienone is 4. The van der Waals surface area contributed by atoms with Crippen molar-refractivity contribution in [3.63, 3.8) is 0 Å². The lowest BCUT2D eigenvalue weighted by Crippen LogP contribution is -2.21. The Hall–Kier alpha value is -0.850. The number of carbonyl (C=O) groups is 1. The first kappa shape index (κ1) is 13.6. The van der Waals surface area contributed by atoms with Crippen LogP contribution in [0.2, 0.25) is 0 Å². The molecule has 2 aliphatic carbocycles. The molecule has 4 unspecified atom stereocenters. The summed E-state index contributed by atoms with van der Waals surface area (Å²) < 4.78 is 0. The highest BCUT2D eigenvalue weighted by Crippen LogP contribution is 2.31. The molecule has 2 aliphatic rings. The van der Waals surface area contributed by atoms with Crippen LogP contribution in [0.3, 0.4) is 0 Å². The summed E-state index contributed by atoms with van der Waals surface area (Å²) in [7, 11) is 0. The van der Waals surface area contributed by atoms with Crippen LogP contribution in [0.15, 0.2) is 24.3 Å². The maximum Gasteiger partial charge on any atom is 0.134 e. The standard InChI is InChI=1S/C17H26O/c1-13-7-3-5-9-15(13)11-17(18)12-16-10-6-4-8-14(16)2/h5-6,9-10,13-16H,3-4,7-8,11-12H2,1-2H3. The van der Waals surface area contributed by atoms with E-state index in [1.807, 2.05) is 0 Å². The lowest BCUT2D eigenvalue weighted by Gasteiger charge is -2.26. The molecule has 0 aromatic heterocycles. The predicted octanol–water partition coefficient (Wildman–Crippen LogP) is 4.54. The van der Waals surface area contributed by atoms with E-state index < -0.39 is 0 Å². The Morgan fingerprint density at radius 2 is 1.39 bits per heavy atom. The SMILES string of the molecule is CC1CCC=CC1CC(=O)CC1C=CCCC1C. The lowest BCUT2D eigenvalue weighted by molar-refractivity contribution is -0.121. The van der Waals surface area contributed by atoms with E-state index in [1.165, 1.54) is 25.7 Å². The number of Topliss-reactive ketones (excluding diaryl/α,β-unsaturated/α-hetero) is 1. The molecule has 0 saturated carbocycles. The molecule has 0 amide bonds. The number of rotatable bonds is 4. The fourth-order valence-corrected chi connectivity index (χ4v) is 3.22. The van der Waals surface area contributed by atoms with Crippen molar-refractivity contribution in [2.45, 2.75) is 52.4 Å². The number of carbonyl (C=O) groups excluding carboxylic acids is 1. The summed E-state index contributed by atoms with van der Waals surface area (Å²) in [6.45, 7) is 4.56. The minimum Gasteiger partial charge on any atom is -0.300 e. The molecule has 0 fully saturated rings. The van der Waals surface area contributed by atoms with Gasteiger partial charge in [0.05, 0.1) is 0 Å². The molecule has 1 nitrogen and oxygen atoms in total. The van der Waals surface area contributed by atoms with Gasteiger partial charge in [-0.2, -0.15) is 0 Å². The van der Waals surface area contributed by atoms with Gasteiger partial charge in [0.25, 0.3) is 0 Å². The van der Waals surface area contributed by atoms with E-state index in [0.717, 1.165) is 12.8 Å². The molecule has 18 heavy (non-hydrogen) atoms. The van der Waals surface area contributed by atoms with Gasteiger partial charge >= 0.3 is 0 Å². The van der Waals surface area contributed by atoms with Crippen molar-refractivity contribution in [3.05, 3.63) is 24.3 Å². The Morgan fingerprint density at radius 1 is 0.944 bits per heavy atom. The second-order valence-electron chi connectivity index (χ2n) is 6.24. The van der Waals surface area contributed by atoms with Gasteiger partial charge in [-0.3, -0.25) is 4.79 Å². The van der Waals surface area contributed by atoms with Crippen LogP contribution < -0.4 is 0 Å². The number of hydrogen-bond donors (Lipinski definition) is 0. The summed E-state index contributed by atoms with van der Waals surface area (Å²) in [4.78, 5) is 12.2. The van der Waals surface area contributed by atoms with E-state index in [4.69, 9.17) is 0 Å². The molecule has 0 aliphatic heterocycles. The highest BCUT2D eigenvalue weighted by molar-refractivity contribution is 5.79. The molecule has 1 heteroatoms. The molecule has 2 rings (SSSR count). The van der Waals surface area contributed by atoms with Crippen molar-refractivity contribution < 1.29 is 4.79 Å². The summed E-state index contributed by atoms with van der Waals surface area (Å²) in [5.41, 5.74) is 0. The number of hydrogen-bond acceptors (Lipinski definition) is 1. The Labute approximate surface area is 111 Å². The van der Waals surface area contributed by atoms with Crippen LogP contribution in [0, 0.1) is 23.7 Å². The summed E-state index contributed by atoms with van der Waals surface area (Å²) in [5.74, 6) is 2.81. The van der Waals surface area contributed by atoms with Gasteiger partial charge < -0.3 is 0 Å². The van der Waals surface area contributed by atoms with Crippen LogP contribution in [0.1, 0.15) is 52.4 Å². The molecular weight excluding hydrogens is 220 g/mol. The average molecular weight is 246 g/mol. The van der Waals surface area contributed by atoms with E-state index in [0.29, 0.717) is 29.5 Å². The average Bonchev–Trinajstić information content (AvgIpc) is 2.35. The van der Waals surface area contributed by atoms with E-state index in [1.54, 1.807) is 0 Å². The zero-order chi connectivity index (χ0) is 13.0. The van der Waals surface area contributed by atoms with Crippen LogP contribution in [0.25, 0.3) is 0 Å². The first-order valence-corrected chi connectivity index (χ1v) is 7.52. The fraction of sp³-hybridized carbons (Fsp3) is 0.706. The third-order valence-electron chi connectivity index (χ3n) is 4.73. The Morgan fingerprint density at radius 3 is 1.78 bits per heavy atom. The zero-order valence-corrected chi connectivity index (χ0v) is 11.8. The van der Waals surface area contributed by atoms with Gasteiger partial charge in [-0.05, 0) is 49.4 Å².